The van der Waals surface area contributed by atoms with Gasteiger partial charge in [-0.3, -0.25) is 4.79 Å². The third-order valence-electron chi connectivity index (χ3n) is 5.22. The number of thioether (sulfide) groups is 1. The number of benzene rings is 1. The minimum Gasteiger partial charge on any atom is -0.497 e. The molecular weight excluding hydrogens is 314 g/mol. The van der Waals surface area contributed by atoms with Crippen molar-refractivity contribution in [3.8, 4) is 5.75 Å². The standard InChI is InChI=1S/C17H23NO4S/c1-22-12-3-2-4-13(9-12)23-11-16(21)18-7-5-17(6-8-18)14(19)10-15(17)20/h2-4,9,14-15,19-20H,5-8,10-11H2,1H3. The molecule has 126 valence electrons. The molecule has 1 saturated heterocycles. The number of hydrogen-bond acceptors (Lipinski definition) is 5. The van der Waals surface area contributed by atoms with Crippen molar-refractivity contribution >= 4 is 17.7 Å². The number of hydrogen-bond donors (Lipinski definition) is 2. The lowest BCUT2D eigenvalue weighted by atomic mass is 9.58. The Morgan fingerprint density at radius 1 is 1.35 bits per heavy atom. The normalized spacial score (nSPS) is 26.0. The monoisotopic (exact) mass is 337 g/mol. The summed E-state index contributed by atoms with van der Waals surface area (Å²) in [5, 5.41) is 19.9. The van der Waals surface area contributed by atoms with Crippen molar-refractivity contribution in [1.82, 2.24) is 4.90 Å². The van der Waals surface area contributed by atoms with Gasteiger partial charge in [-0.05, 0) is 31.0 Å². The molecule has 6 heteroatoms. The number of aliphatic hydroxyl groups excluding tert-OH is 2. The molecule has 2 atom stereocenters. The van der Waals surface area contributed by atoms with E-state index in [1.54, 1.807) is 7.11 Å². The van der Waals surface area contributed by atoms with Gasteiger partial charge in [0.25, 0.3) is 0 Å². The fraction of sp³-hybridized carbons (Fsp3) is 0.588. The number of amides is 1. The largest absolute Gasteiger partial charge is 0.497 e. The van der Waals surface area contributed by atoms with Crippen LogP contribution in [-0.2, 0) is 4.79 Å². The molecule has 0 bridgehead atoms. The fourth-order valence-corrected chi connectivity index (χ4v) is 4.36. The van der Waals surface area contributed by atoms with E-state index >= 15 is 0 Å². The minimum atomic E-state index is -0.416. The van der Waals surface area contributed by atoms with Crippen LogP contribution < -0.4 is 4.74 Å². The number of likely N-dealkylation sites (tertiary alicyclic amines) is 1. The molecule has 1 amide bonds. The average Bonchev–Trinajstić information content (AvgIpc) is 2.60. The molecule has 1 aliphatic carbocycles. The molecule has 2 aliphatic rings. The van der Waals surface area contributed by atoms with Gasteiger partial charge in [-0.1, -0.05) is 6.07 Å². The van der Waals surface area contributed by atoms with Gasteiger partial charge in [0.05, 0.1) is 25.1 Å². The zero-order valence-corrected chi connectivity index (χ0v) is 14.1. The van der Waals surface area contributed by atoms with Gasteiger partial charge >= 0.3 is 0 Å². The van der Waals surface area contributed by atoms with Crippen LogP contribution in [0.2, 0.25) is 0 Å². The highest BCUT2D eigenvalue weighted by Crippen LogP contribution is 2.49. The summed E-state index contributed by atoms with van der Waals surface area (Å²) in [6.07, 6.45) is 1.01. The summed E-state index contributed by atoms with van der Waals surface area (Å²) in [4.78, 5) is 15.2. The van der Waals surface area contributed by atoms with Gasteiger partial charge in [-0.15, -0.1) is 11.8 Å². The van der Waals surface area contributed by atoms with Crippen molar-refractivity contribution < 1.29 is 19.7 Å². The lowest BCUT2D eigenvalue weighted by Gasteiger charge is -2.55. The molecule has 2 fully saturated rings. The summed E-state index contributed by atoms with van der Waals surface area (Å²) in [5.74, 6) is 1.29. The molecule has 0 radical (unpaired) electrons. The van der Waals surface area contributed by atoms with E-state index in [4.69, 9.17) is 4.74 Å². The molecule has 1 aromatic carbocycles. The van der Waals surface area contributed by atoms with Crippen molar-refractivity contribution in [2.75, 3.05) is 26.0 Å². The summed E-state index contributed by atoms with van der Waals surface area (Å²) in [6, 6.07) is 7.68. The molecule has 0 aromatic heterocycles. The Labute approximate surface area is 140 Å². The quantitative estimate of drug-likeness (QED) is 0.815. The molecule has 23 heavy (non-hydrogen) atoms. The highest BCUT2D eigenvalue weighted by Gasteiger charge is 2.55. The number of nitrogens with zero attached hydrogens (tertiary/aromatic N) is 1. The third kappa shape index (κ3) is 3.20. The Kier molecular flexibility index (Phi) is 4.85. The number of piperidine rings is 1. The number of methoxy groups -OCH3 is 1. The molecule has 3 rings (SSSR count). The predicted molar refractivity (Wildman–Crippen MR) is 88.6 cm³/mol. The highest BCUT2D eigenvalue weighted by molar-refractivity contribution is 8.00. The van der Waals surface area contributed by atoms with E-state index in [1.165, 1.54) is 11.8 Å². The Hall–Kier alpha value is -1.24. The molecule has 1 heterocycles. The van der Waals surface area contributed by atoms with E-state index in [2.05, 4.69) is 0 Å². The lowest BCUT2D eigenvalue weighted by Crippen LogP contribution is -2.62. The van der Waals surface area contributed by atoms with Crippen molar-refractivity contribution in [2.24, 2.45) is 5.41 Å². The van der Waals surface area contributed by atoms with E-state index < -0.39 is 12.2 Å². The molecule has 5 nitrogen and oxygen atoms in total. The summed E-state index contributed by atoms with van der Waals surface area (Å²) in [5.41, 5.74) is -0.364. The molecule has 2 unspecified atom stereocenters. The SMILES string of the molecule is COc1cccc(SCC(=O)N2CCC3(CC2)C(O)CC3O)c1. The van der Waals surface area contributed by atoms with Crippen molar-refractivity contribution in [3.05, 3.63) is 24.3 Å². The Balaban J connectivity index is 1.50. The van der Waals surface area contributed by atoms with Crippen molar-refractivity contribution in [2.45, 2.75) is 36.4 Å². The van der Waals surface area contributed by atoms with Gasteiger partial charge in [-0.2, -0.15) is 0 Å². The average molecular weight is 337 g/mol. The maximum atomic E-state index is 12.4. The first-order valence-electron chi connectivity index (χ1n) is 7.96. The molecule has 1 saturated carbocycles. The van der Waals surface area contributed by atoms with E-state index in [0.29, 0.717) is 38.1 Å². The predicted octanol–water partition coefficient (Wildman–Crippen LogP) is 1.52. The van der Waals surface area contributed by atoms with Gasteiger partial charge < -0.3 is 19.8 Å². The third-order valence-corrected chi connectivity index (χ3v) is 6.20. The number of rotatable bonds is 4. The zero-order chi connectivity index (χ0) is 16.4. The maximum absolute atomic E-state index is 12.4. The first-order chi connectivity index (χ1) is 11.0. The van der Waals surface area contributed by atoms with E-state index in [9.17, 15) is 15.0 Å². The van der Waals surface area contributed by atoms with Gasteiger partial charge in [0.15, 0.2) is 0 Å². The molecular formula is C17H23NO4S. The molecule has 1 spiro atoms. The van der Waals surface area contributed by atoms with Crippen LogP contribution >= 0.6 is 11.8 Å². The zero-order valence-electron chi connectivity index (χ0n) is 13.3. The van der Waals surface area contributed by atoms with Crippen LogP contribution in [0.4, 0.5) is 0 Å². The van der Waals surface area contributed by atoms with Crippen LogP contribution in [-0.4, -0.2) is 59.2 Å². The van der Waals surface area contributed by atoms with Gasteiger partial charge in [0, 0.05) is 29.8 Å². The van der Waals surface area contributed by atoms with E-state index in [-0.39, 0.29) is 11.3 Å². The van der Waals surface area contributed by atoms with Gasteiger partial charge in [0.1, 0.15) is 5.75 Å². The Morgan fingerprint density at radius 3 is 2.65 bits per heavy atom. The van der Waals surface area contributed by atoms with Crippen LogP contribution in [0.1, 0.15) is 19.3 Å². The second-order valence-electron chi connectivity index (χ2n) is 6.35. The summed E-state index contributed by atoms with van der Waals surface area (Å²) >= 11 is 1.50. The van der Waals surface area contributed by atoms with Crippen molar-refractivity contribution in [3.63, 3.8) is 0 Å². The van der Waals surface area contributed by atoms with Gasteiger partial charge in [-0.25, -0.2) is 0 Å². The topological polar surface area (TPSA) is 70.0 Å². The summed E-state index contributed by atoms with van der Waals surface area (Å²) in [7, 11) is 1.63. The van der Waals surface area contributed by atoms with Crippen LogP contribution in [0.15, 0.2) is 29.2 Å². The van der Waals surface area contributed by atoms with Gasteiger partial charge in [0.2, 0.25) is 5.91 Å². The van der Waals surface area contributed by atoms with Crippen LogP contribution in [0.3, 0.4) is 0 Å². The molecule has 1 aromatic rings. The first kappa shape index (κ1) is 16.6. The number of aliphatic hydroxyl groups is 2. The summed E-state index contributed by atoms with van der Waals surface area (Å²) < 4.78 is 5.18. The van der Waals surface area contributed by atoms with E-state index in [0.717, 1.165) is 10.6 Å². The first-order valence-corrected chi connectivity index (χ1v) is 8.94. The van der Waals surface area contributed by atoms with Crippen molar-refractivity contribution in [1.29, 1.82) is 0 Å². The minimum absolute atomic E-state index is 0.107. The number of carbonyl (C=O) groups excluding carboxylic acids is 1. The molecule has 1 aliphatic heterocycles. The second-order valence-corrected chi connectivity index (χ2v) is 7.40. The fourth-order valence-electron chi connectivity index (χ4n) is 3.51. The highest BCUT2D eigenvalue weighted by atomic mass is 32.2. The Bertz CT molecular complexity index is 561. The van der Waals surface area contributed by atoms with Crippen LogP contribution in [0.25, 0.3) is 0 Å². The second kappa shape index (κ2) is 6.71. The van der Waals surface area contributed by atoms with Crippen LogP contribution in [0.5, 0.6) is 5.75 Å². The number of ether oxygens (including phenoxy) is 1. The lowest BCUT2D eigenvalue weighted by molar-refractivity contribution is -0.191. The smallest absolute Gasteiger partial charge is 0.232 e. The number of carbonyl (C=O) groups is 1. The maximum Gasteiger partial charge on any atom is 0.232 e. The van der Waals surface area contributed by atoms with E-state index in [1.807, 2.05) is 29.2 Å². The molecule has 2 N–H and O–H groups in total. The summed E-state index contributed by atoms with van der Waals surface area (Å²) in [6.45, 7) is 1.23. The van der Waals surface area contributed by atoms with Crippen LogP contribution in [0, 0.1) is 5.41 Å². The Morgan fingerprint density at radius 2 is 2.04 bits per heavy atom.